The van der Waals surface area contributed by atoms with Crippen LogP contribution >= 0.6 is 24.8 Å². The number of hydrogen-bond acceptors (Lipinski definition) is 3. The first-order valence-electron chi connectivity index (χ1n) is 9.36. The molecule has 0 aromatic heterocycles. The molecule has 2 N–H and O–H groups in total. The average molecular weight is 380 g/mol. The number of rotatable bonds is 5. The van der Waals surface area contributed by atoms with Crippen molar-refractivity contribution in [3.63, 3.8) is 0 Å². The van der Waals surface area contributed by atoms with Crippen LogP contribution in [0.4, 0.5) is 0 Å². The molecule has 2 bridgehead atoms. The fourth-order valence-electron chi connectivity index (χ4n) is 4.67. The maximum Gasteiger partial charge on any atom is 0.220 e. The summed E-state index contributed by atoms with van der Waals surface area (Å²) in [6.07, 6.45) is 8.04. The number of hydrogen-bond donors (Lipinski definition) is 2. The van der Waals surface area contributed by atoms with Crippen LogP contribution in [0, 0.1) is 11.8 Å². The molecule has 0 aromatic carbocycles. The summed E-state index contributed by atoms with van der Waals surface area (Å²) >= 11 is 0. The van der Waals surface area contributed by atoms with Crippen molar-refractivity contribution < 1.29 is 4.79 Å². The molecule has 2 unspecified atom stereocenters. The smallest absolute Gasteiger partial charge is 0.220 e. The number of amides is 1. The Balaban J connectivity index is 0.00000144. The lowest BCUT2D eigenvalue weighted by molar-refractivity contribution is -0.123. The topological polar surface area (TPSA) is 44.4 Å². The summed E-state index contributed by atoms with van der Waals surface area (Å²) in [6, 6.07) is 1.79. The van der Waals surface area contributed by atoms with E-state index in [2.05, 4.69) is 29.4 Å². The predicted molar refractivity (Wildman–Crippen MR) is 104 cm³/mol. The van der Waals surface area contributed by atoms with Crippen molar-refractivity contribution in [3.05, 3.63) is 0 Å². The molecule has 3 saturated heterocycles. The van der Waals surface area contributed by atoms with Gasteiger partial charge in [-0.3, -0.25) is 4.79 Å². The second kappa shape index (κ2) is 10.2. The van der Waals surface area contributed by atoms with E-state index in [4.69, 9.17) is 0 Å². The monoisotopic (exact) mass is 379 g/mol. The van der Waals surface area contributed by atoms with Gasteiger partial charge in [-0.05, 0) is 50.4 Å². The zero-order chi connectivity index (χ0) is 15.5. The predicted octanol–water partition coefficient (Wildman–Crippen LogP) is 2.99. The van der Waals surface area contributed by atoms with Crippen LogP contribution in [-0.2, 0) is 4.79 Å². The van der Waals surface area contributed by atoms with Gasteiger partial charge in [0.1, 0.15) is 0 Å². The van der Waals surface area contributed by atoms with Crippen molar-refractivity contribution in [2.75, 3.05) is 19.6 Å². The van der Waals surface area contributed by atoms with Crippen LogP contribution in [0.5, 0.6) is 0 Å². The molecule has 3 rings (SSSR count). The van der Waals surface area contributed by atoms with Gasteiger partial charge in [0, 0.05) is 44.2 Å². The molecule has 0 spiro atoms. The highest BCUT2D eigenvalue weighted by Gasteiger charge is 2.34. The quantitative estimate of drug-likeness (QED) is 0.771. The Labute approximate surface area is 159 Å². The molecule has 3 heterocycles. The summed E-state index contributed by atoms with van der Waals surface area (Å²) < 4.78 is 0. The maximum atomic E-state index is 12.3. The largest absolute Gasteiger partial charge is 0.353 e. The van der Waals surface area contributed by atoms with E-state index in [1.54, 1.807) is 0 Å². The molecule has 2 atom stereocenters. The summed E-state index contributed by atoms with van der Waals surface area (Å²) in [5.74, 6) is 1.65. The van der Waals surface area contributed by atoms with Gasteiger partial charge in [0.15, 0.2) is 0 Å². The lowest BCUT2D eigenvalue weighted by atomic mass is 9.89. The van der Waals surface area contributed by atoms with E-state index >= 15 is 0 Å². The molecule has 3 fully saturated rings. The fourth-order valence-corrected chi connectivity index (χ4v) is 4.67. The van der Waals surface area contributed by atoms with Crippen LogP contribution in [0.25, 0.3) is 0 Å². The van der Waals surface area contributed by atoms with E-state index < -0.39 is 0 Å². The molecule has 1 amide bonds. The van der Waals surface area contributed by atoms with Gasteiger partial charge in [-0.1, -0.05) is 13.8 Å². The van der Waals surface area contributed by atoms with Gasteiger partial charge in [0.05, 0.1) is 0 Å². The van der Waals surface area contributed by atoms with E-state index in [1.165, 1.54) is 32.2 Å². The van der Waals surface area contributed by atoms with Crippen molar-refractivity contribution in [1.29, 1.82) is 0 Å². The number of carbonyl (C=O) groups is 1. The number of halogens is 2. The standard InChI is InChI=1S/C18H33N3O.2ClH/c1-13(2)12-21-7-5-15(6-8-21)20-18(22)11-14-9-16-3-4-17(10-14)19-16;;/h13-17,19H,3-12H2,1-2H3,(H,20,22);2*1H. The number of nitrogens with one attached hydrogen (secondary N) is 2. The van der Waals surface area contributed by atoms with Crippen molar-refractivity contribution in [2.24, 2.45) is 11.8 Å². The zero-order valence-electron chi connectivity index (χ0n) is 15.1. The van der Waals surface area contributed by atoms with Gasteiger partial charge in [-0.25, -0.2) is 0 Å². The molecule has 0 radical (unpaired) electrons. The van der Waals surface area contributed by atoms with E-state index in [0.717, 1.165) is 38.3 Å². The highest BCUT2D eigenvalue weighted by Crippen LogP contribution is 2.32. The third kappa shape index (κ3) is 6.36. The third-order valence-electron chi connectivity index (χ3n) is 5.62. The third-order valence-corrected chi connectivity index (χ3v) is 5.62. The van der Waals surface area contributed by atoms with Crippen LogP contribution in [-0.4, -0.2) is 48.6 Å². The molecule has 0 aromatic rings. The number of nitrogens with zero attached hydrogens (tertiary/aromatic N) is 1. The molecule has 0 aliphatic carbocycles. The zero-order valence-corrected chi connectivity index (χ0v) is 16.8. The lowest BCUT2D eigenvalue weighted by Crippen LogP contribution is -2.46. The summed E-state index contributed by atoms with van der Waals surface area (Å²) in [7, 11) is 0. The Kier molecular flexibility index (Phi) is 9.35. The number of carbonyl (C=O) groups excluding carboxylic acids is 1. The number of fused-ring (bicyclic) bond motifs is 2. The Morgan fingerprint density at radius 1 is 1.08 bits per heavy atom. The number of piperidine rings is 2. The first-order valence-corrected chi connectivity index (χ1v) is 9.36. The Morgan fingerprint density at radius 3 is 2.21 bits per heavy atom. The van der Waals surface area contributed by atoms with Crippen LogP contribution in [0.1, 0.15) is 58.8 Å². The van der Waals surface area contributed by atoms with Gasteiger partial charge >= 0.3 is 0 Å². The minimum Gasteiger partial charge on any atom is -0.353 e. The summed E-state index contributed by atoms with van der Waals surface area (Å²) in [6.45, 7) is 8.03. The van der Waals surface area contributed by atoms with Crippen LogP contribution in [0.2, 0.25) is 0 Å². The normalized spacial score (nSPS) is 30.5. The molecular formula is C18H35Cl2N3O. The van der Waals surface area contributed by atoms with Crippen molar-refractivity contribution in [1.82, 2.24) is 15.5 Å². The Morgan fingerprint density at radius 2 is 1.67 bits per heavy atom. The highest BCUT2D eigenvalue weighted by atomic mass is 35.5. The van der Waals surface area contributed by atoms with Gasteiger partial charge < -0.3 is 15.5 Å². The lowest BCUT2D eigenvalue weighted by Gasteiger charge is -2.34. The second-order valence-corrected chi connectivity index (χ2v) is 8.22. The first kappa shape index (κ1) is 22.0. The Hall–Kier alpha value is -0.0300. The molecular weight excluding hydrogens is 345 g/mol. The van der Waals surface area contributed by atoms with Crippen molar-refractivity contribution in [2.45, 2.75) is 76.9 Å². The Bertz CT molecular complexity index is 374. The van der Waals surface area contributed by atoms with Crippen molar-refractivity contribution in [3.8, 4) is 0 Å². The highest BCUT2D eigenvalue weighted by molar-refractivity contribution is 5.85. The first-order chi connectivity index (χ1) is 10.6. The molecule has 142 valence electrons. The molecule has 24 heavy (non-hydrogen) atoms. The molecule has 0 saturated carbocycles. The van der Waals surface area contributed by atoms with E-state index in [-0.39, 0.29) is 24.8 Å². The molecule has 3 aliphatic rings. The van der Waals surface area contributed by atoms with Gasteiger partial charge in [-0.15, -0.1) is 24.8 Å². The van der Waals surface area contributed by atoms with E-state index in [9.17, 15) is 4.79 Å². The minimum absolute atomic E-state index is 0. The molecule has 6 heteroatoms. The fraction of sp³-hybridized carbons (Fsp3) is 0.944. The van der Waals surface area contributed by atoms with Gasteiger partial charge in [0.25, 0.3) is 0 Å². The van der Waals surface area contributed by atoms with Crippen LogP contribution in [0.15, 0.2) is 0 Å². The van der Waals surface area contributed by atoms with Crippen LogP contribution < -0.4 is 10.6 Å². The summed E-state index contributed by atoms with van der Waals surface area (Å²) in [5.41, 5.74) is 0. The van der Waals surface area contributed by atoms with E-state index in [0.29, 0.717) is 30.0 Å². The minimum atomic E-state index is 0. The van der Waals surface area contributed by atoms with E-state index in [1.807, 2.05) is 0 Å². The number of likely N-dealkylation sites (tertiary alicyclic amines) is 1. The molecule has 3 aliphatic heterocycles. The summed E-state index contributed by atoms with van der Waals surface area (Å²) in [5, 5.41) is 6.96. The van der Waals surface area contributed by atoms with Gasteiger partial charge in [-0.2, -0.15) is 0 Å². The van der Waals surface area contributed by atoms with Gasteiger partial charge in [0.2, 0.25) is 5.91 Å². The average Bonchev–Trinajstić information content (AvgIpc) is 2.79. The SMILES string of the molecule is CC(C)CN1CCC(NC(=O)CC2CC3CCC(C2)N3)CC1.Cl.Cl. The van der Waals surface area contributed by atoms with Crippen molar-refractivity contribution >= 4 is 30.7 Å². The maximum absolute atomic E-state index is 12.3. The molecule has 4 nitrogen and oxygen atoms in total. The second-order valence-electron chi connectivity index (χ2n) is 8.22. The van der Waals surface area contributed by atoms with Crippen LogP contribution in [0.3, 0.4) is 0 Å². The summed E-state index contributed by atoms with van der Waals surface area (Å²) in [4.78, 5) is 14.9.